The molecule has 5 N–H and O–H groups in total. The fourth-order valence-electron chi connectivity index (χ4n) is 2.61. The third-order valence-corrected chi connectivity index (χ3v) is 4.04. The molecule has 1 aliphatic heterocycles. The van der Waals surface area contributed by atoms with Crippen molar-refractivity contribution in [3.05, 3.63) is 60.2 Å². The van der Waals surface area contributed by atoms with Crippen LogP contribution in [0.3, 0.4) is 0 Å². The number of carbonyl (C=O) groups is 3. The molecule has 0 spiro atoms. The van der Waals surface area contributed by atoms with Gasteiger partial charge in [0, 0.05) is 16.9 Å². The molecule has 2 amide bonds. The molecule has 1 atom stereocenters. The molecule has 148 valence electrons. The molecule has 0 fully saturated rings. The third kappa shape index (κ3) is 5.48. The topological polar surface area (TPSA) is 138 Å². The van der Waals surface area contributed by atoms with Crippen LogP contribution >= 0.6 is 0 Å². The van der Waals surface area contributed by atoms with E-state index in [2.05, 4.69) is 25.9 Å². The van der Waals surface area contributed by atoms with Gasteiger partial charge < -0.3 is 16.4 Å². The highest BCUT2D eigenvalue weighted by molar-refractivity contribution is 6.11. The van der Waals surface area contributed by atoms with Gasteiger partial charge in [-0.25, -0.2) is 4.99 Å². The molecule has 0 saturated carbocycles. The number of nitrogens with one attached hydrogen (secondary N) is 3. The standard InChI is InChI=1S/C20H20N6O3/c1-12(27)13-7-9-15(10-8-13)22-17(28)11-16-18(29)25-20(24-16)26-19(21)23-14-5-3-2-4-6-14/h2-10,16H,11H2,1H3,(H,22,28)(H4,21,23,24,25,26,29)/t16-/m1/s1. The van der Waals surface area contributed by atoms with E-state index in [9.17, 15) is 14.4 Å². The van der Waals surface area contributed by atoms with Crippen molar-refractivity contribution in [3.63, 3.8) is 0 Å². The molecular formula is C20H20N6O3. The normalized spacial score (nSPS) is 16.0. The van der Waals surface area contributed by atoms with E-state index in [4.69, 9.17) is 5.73 Å². The Morgan fingerprint density at radius 1 is 1.07 bits per heavy atom. The first kappa shape index (κ1) is 19.7. The van der Waals surface area contributed by atoms with Gasteiger partial charge in [-0.05, 0) is 43.3 Å². The van der Waals surface area contributed by atoms with E-state index >= 15 is 0 Å². The van der Waals surface area contributed by atoms with E-state index < -0.39 is 11.9 Å². The highest BCUT2D eigenvalue weighted by atomic mass is 16.2. The first-order valence-electron chi connectivity index (χ1n) is 8.86. The van der Waals surface area contributed by atoms with Crippen LogP contribution in [0.25, 0.3) is 0 Å². The second kappa shape index (κ2) is 8.79. The summed E-state index contributed by atoms with van der Waals surface area (Å²) in [4.78, 5) is 43.7. The van der Waals surface area contributed by atoms with Gasteiger partial charge in [-0.2, -0.15) is 4.99 Å². The summed E-state index contributed by atoms with van der Waals surface area (Å²) in [5, 5.41) is 8.04. The summed E-state index contributed by atoms with van der Waals surface area (Å²) in [6, 6.07) is 14.8. The zero-order valence-electron chi connectivity index (χ0n) is 15.7. The first-order valence-corrected chi connectivity index (χ1v) is 8.86. The van der Waals surface area contributed by atoms with Crippen molar-refractivity contribution in [1.29, 1.82) is 0 Å². The minimum Gasteiger partial charge on any atom is -0.369 e. The van der Waals surface area contributed by atoms with E-state index in [1.54, 1.807) is 24.3 Å². The van der Waals surface area contributed by atoms with E-state index in [0.717, 1.165) is 5.69 Å². The van der Waals surface area contributed by atoms with Gasteiger partial charge in [0.1, 0.15) is 6.04 Å². The average Bonchev–Trinajstić information content (AvgIpc) is 3.01. The number of aliphatic imine (C=N–C) groups is 2. The lowest BCUT2D eigenvalue weighted by atomic mass is 10.1. The van der Waals surface area contributed by atoms with Crippen molar-refractivity contribution in [2.24, 2.45) is 15.7 Å². The summed E-state index contributed by atoms with van der Waals surface area (Å²) in [6.45, 7) is 1.46. The molecule has 29 heavy (non-hydrogen) atoms. The van der Waals surface area contributed by atoms with Gasteiger partial charge in [0.05, 0.1) is 6.42 Å². The number of rotatable bonds is 5. The molecule has 3 rings (SSSR count). The van der Waals surface area contributed by atoms with Crippen molar-refractivity contribution >= 4 is 40.9 Å². The minimum absolute atomic E-state index is 0.0412. The summed E-state index contributed by atoms with van der Waals surface area (Å²) in [5.74, 6) is -0.775. The second-order valence-corrected chi connectivity index (χ2v) is 6.33. The van der Waals surface area contributed by atoms with Crippen LogP contribution in [-0.4, -0.2) is 35.6 Å². The SMILES string of the molecule is CC(=O)c1ccc(NC(=O)C[C@H]2N=C(N=C(N)Nc3ccccc3)NC2=O)cc1. The first-order chi connectivity index (χ1) is 13.9. The Morgan fingerprint density at radius 3 is 2.38 bits per heavy atom. The smallest absolute Gasteiger partial charge is 0.252 e. The van der Waals surface area contributed by atoms with Crippen LogP contribution in [-0.2, 0) is 9.59 Å². The molecule has 2 aromatic carbocycles. The number of Topliss-reactive ketones (excluding diaryl/α,β-unsaturated/α-hetero) is 1. The second-order valence-electron chi connectivity index (χ2n) is 6.33. The lowest BCUT2D eigenvalue weighted by Crippen LogP contribution is -2.32. The Hall–Kier alpha value is -4.01. The maximum atomic E-state index is 12.2. The van der Waals surface area contributed by atoms with Gasteiger partial charge in [0.15, 0.2) is 5.78 Å². The number of carbonyl (C=O) groups excluding carboxylic acids is 3. The predicted octanol–water partition coefficient (Wildman–Crippen LogP) is 1.50. The number of anilines is 2. The van der Waals surface area contributed by atoms with Crippen LogP contribution in [0.1, 0.15) is 23.7 Å². The Morgan fingerprint density at radius 2 is 1.72 bits per heavy atom. The molecule has 0 unspecified atom stereocenters. The quantitative estimate of drug-likeness (QED) is 0.347. The van der Waals surface area contributed by atoms with Crippen molar-refractivity contribution in [2.45, 2.75) is 19.4 Å². The number of nitrogens with zero attached hydrogens (tertiary/aromatic N) is 2. The van der Waals surface area contributed by atoms with Gasteiger partial charge in [0.25, 0.3) is 5.91 Å². The fraction of sp³-hybridized carbons (Fsp3) is 0.150. The van der Waals surface area contributed by atoms with Crippen LogP contribution in [0.2, 0.25) is 0 Å². The maximum Gasteiger partial charge on any atom is 0.252 e. The highest BCUT2D eigenvalue weighted by Crippen LogP contribution is 2.13. The number of amides is 2. The Bertz CT molecular complexity index is 983. The Kier molecular flexibility index (Phi) is 5.98. The monoisotopic (exact) mass is 392 g/mol. The predicted molar refractivity (Wildman–Crippen MR) is 111 cm³/mol. The van der Waals surface area contributed by atoms with Crippen molar-refractivity contribution < 1.29 is 14.4 Å². The fourth-order valence-corrected chi connectivity index (χ4v) is 2.61. The number of hydrogen-bond donors (Lipinski definition) is 4. The van der Waals surface area contributed by atoms with Gasteiger partial charge in [-0.15, -0.1) is 0 Å². The van der Waals surface area contributed by atoms with Crippen LogP contribution < -0.4 is 21.7 Å². The lowest BCUT2D eigenvalue weighted by Gasteiger charge is -2.07. The molecule has 0 aromatic heterocycles. The zero-order valence-corrected chi connectivity index (χ0v) is 15.7. The largest absolute Gasteiger partial charge is 0.369 e. The number of hydrogen-bond acceptors (Lipinski definition) is 5. The molecule has 0 saturated heterocycles. The summed E-state index contributed by atoms with van der Waals surface area (Å²) >= 11 is 0. The number of para-hydroxylation sites is 1. The summed E-state index contributed by atoms with van der Waals surface area (Å²) in [7, 11) is 0. The van der Waals surface area contributed by atoms with Gasteiger partial charge in [-0.1, -0.05) is 18.2 Å². The number of nitrogens with two attached hydrogens (primary N) is 1. The summed E-state index contributed by atoms with van der Waals surface area (Å²) in [5.41, 5.74) is 7.63. The maximum absolute atomic E-state index is 12.2. The van der Waals surface area contributed by atoms with Crippen LogP contribution in [0, 0.1) is 0 Å². The molecule has 9 nitrogen and oxygen atoms in total. The van der Waals surface area contributed by atoms with Crippen LogP contribution in [0.5, 0.6) is 0 Å². The van der Waals surface area contributed by atoms with Crippen molar-refractivity contribution in [1.82, 2.24) is 5.32 Å². The highest BCUT2D eigenvalue weighted by Gasteiger charge is 2.28. The summed E-state index contributed by atoms with van der Waals surface area (Å²) in [6.07, 6.45) is -0.147. The summed E-state index contributed by atoms with van der Waals surface area (Å²) < 4.78 is 0. The van der Waals surface area contributed by atoms with Crippen LogP contribution in [0.4, 0.5) is 11.4 Å². The lowest BCUT2D eigenvalue weighted by molar-refractivity contribution is -0.123. The van der Waals surface area contributed by atoms with Crippen molar-refractivity contribution in [3.8, 4) is 0 Å². The van der Waals surface area contributed by atoms with E-state index in [-0.39, 0.29) is 30.0 Å². The van der Waals surface area contributed by atoms with E-state index in [1.807, 2.05) is 30.3 Å². The zero-order chi connectivity index (χ0) is 20.8. The Balaban J connectivity index is 1.58. The van der Waals surface area contributed by atoms with Gasteiger partial charge in [-0.3, -0.25) is 19.7 Å². The van der Waals surface area contributed by atoms with Crippen molar-refractivity contribution in [2.75, 3.05) is 10.6 Å². The van der Waals surface area contributed by atoms with Gasteiger partial charge >= 0.3 is 0 Å². The molecular weight excluding hydrogens is 372 g/mol. The van der Waals surface area contributed by atoms with E-state index in [0.29, 0.717) is 11.3 Å². The third-order valence-electron chi connectivity index (χ3n) is 4.04. The molecule has 9 heteroatoms. The molecule has 1 aliphatic rings. The molecule has 0 bridgehead atoms. The number of ketones is 1. The van der Waals surface area contributed by atoms with Gasteiger partial charge in [0.2, 0.25) is 17.8 Å². The van der Waals surface area contributed by atoms with Crippen LogP contribution in [0.15, 0.2) is 64.6 Å². The number of guanidine groups is 2. The van der Waals surface area contributed by atoms with E-state index in [1.165, 1.54) is 6.92 Å². The molecule has 1 heterocycles. The molecule has 2 aromatic rings. The Labute approximate surface area is 167 Å². The molecule has 0 aliphatic carbocycles. The average molecular weight is 392 g/mol. The minimum atomic E-state index is -0.894. The number of benzene rings is 2. The molecule has 0 radical (unpaired) electrons.